The number of hydrogen-bond donors (Lipinski definition) is 2. The maximum absolute atomic E-state index is 11.5. The molecule has 0 aliphatic heterocycles. The Balaban J connectivity index is 2.73. The van der Waals surface area contributed by atoms with Crippen molar-refractivity contribution in [3.63, 3.8) is 0 Å². The molecule has 0 saturated heterocycles. The highest BCUT2D eigenvalue weighted by Crippen LogP contribution is 2.04. The number of aromatic amines is 1. The molecule has 0 saturated carbocycles. The van der Waals surface area contributed by atoms with Crippen molar-refractivity contribution < 1.29 is 4.79 Å². The molecule has 0 fully saturated rings. The van der Waals surface area contributed by atoms with Gasteiger partial charge in [-0.05, 0) is 12.5 Å². The van der Waals surface area contributed by atoms with E-state index in [1.807, 2.05) is 6.92 Å². The molecular weight excluding hydrogens is 216 g/mol. The van der Waals surface area contributed by atoms with Gasteiger partial charge < -0.3 is 10.3 Å². The summed E-state index contributed by atoms with van der Waals surface area (Å²) in [6.07, 6.45) is 3.24. The van der Waals surface area contributed by atoms with Gasteiger partial charge in [-0.15, -0.1) is 0 Å². The van der Waals surface area contributed by atoms with E-state index < -0.39 is 5.56 Å². The van der Waals surface area contributed by atoms with E-state index in [1.165, 1.54) is 12.3 Å². The minimum Gasteiger partial charge on any atom is -0.352 e. The van der Waals surface area contributed by atoms with Crippen LogP contribution in [0.3, 0.4) is 0 Å². The second kappa shape index (κ2) is 5.56. The van der Waals surface area contributed by atoms with E-state index >= 15 is 0 Å². The van der Waals surface area contributed by atoms with E-state index in [0.29, 0.717) is 11.6 Å². The Hall–Kier alpha value is -1.29. The fourth-order valence-corrected chi connectivity index (χ4v) is 1.26. The van der Waals surface area contributed by atoms with Gasteiger partial charge in [-0.3, -0.25) is 9.59 Å². The van der Waals surface area contributed by atoms with Gasteiger partial charge in [0, 0.05) is 12.7 Å². The summed E-state index contributed by atoms with van der Waals surface area (Å²) in [5, 5.41) is 2.99. The summed E-state index contributed by atoms with van der Waals surface area (Å²) < 4.78 is 0. The molecule has 0 atom stereocenters. The minimum atomic E-state index is -0.423. The molecule has 0 aliphatic rings. The van der Waals surface area contributed by atoms with Crippen molar-refractivity contribution >= 4 is 17.5 Å². The van der Waals surface area contributed by atoms with Crippen LogP contribution in [0.4, 0.5) is 0 Å². The number of rotatable bonds is 4. The Labute approximate surface area is 92.7 Å². The molecule has 0 aliphatic carbocycles. The molecule has 0 unspecified atom stereocenters. The Bertz CT molecular complexity index is 401. The predicted octanol–water partition coefficient (Wildman–Crippen LogP) is 1.56. The van der Waals surface area contributed by atoms with Crippen molar-refractivity contribution in [1.82, 2.24) is 10.3 Å². The second-order valence-electron chi connectivity index (χ2n) is 3.17. The molecule has 1 heterocycles. The zero-order valence-corrected chi connectivity index (χ0v) is 9.23. The van der Waals surface area contributed by atoms with E-state index in [1.54, 1.807) is 0 Å². The summed E-state index contributed by atoms with van der Waals surface area (Å²) in [5.74, 6) is -0.382. The first-order chi connectivity index (χ1) is 7.15. The number of pyridine rings is 1. The number of unbranched alkanes of at least 4 members (excludes halogenated alkanes) is 1. The standard InChI is InChI=1S/C10H13ClN2O2/c1-2-3-4-12-9(14)8-5-7(11)6-13-10(8)15/h5-6H,2-4H2,1H3,(H,12,14)(H,13,15). The highest BCUT2D eigenvalue weighted by molar-refractivity contribution is 6.30. The molecule has 82 valence electrons. The second-order valence-corrected chi connectivity index (χ2v) is 3.61. The summed E-state index contributed by atoms with van der Waals surface area (Å²) >= 11 is 5.67. The largest absolute Gasteiger partial charge is 0.352 e. The van der Waals surface area contributed by atoms with Gasteiger partial charge in [0.25, 0.3) is 11.5 Å². The van der Waals surface area contributed by atoms with Gasteiger partial charge in [0.15, 0.2) is 0 Å². The van der Waals surface area contributed by atoms with E-state index in [-0.39, 0.29) is 11.5 Å². The van der Waals surface area contributed by atoms with Crippen LogP contribution in [-0.4, -0.2) is 17.4 Å². The summed E-state index contributed by atoms with van der Waals surface area (Å²) in [7, 11) is 0. The number of halogens is 1. The molecule has 0 spiro atoms. The lowest BCUT2D eigenvalue weighted by Crippen LogP contribution is -2.30. The number of H-pyrrole nitrogens is 1. The molecule has 5 heteroatoms. The number of amides is 1. The monoisotopic (exact) mass is 228 g/mol. The summed E-state index contributed by atoms with van der Waals surface area (Å²) in [5.41, 5.74) is -0.369. The third-order valence-electron chi connectivity index (χ3n) is 1.93. The van der Waals surface area contributed by atoms with Crippen LogP contribution in [0.1, 0.15) is 30.1 Å². The quantitative estimate of drug-likeness (QED) is 0.769. The van der Waals surface area contributed by atoms with Gasteiger partial charge in [0.2, 0.25) is 0 Å². The van der Waals surface area contributed by atoms with Crippen LogP contribution in [0.5, 0.6) is 0 Å². The molecule has 15 heavy (non-hydrogen) atoms. The van der Waals surface area contributed by atoms with Crippen molar-refractivity contribution in [2.75, 3.05) is 6.54 Å². The first kappa shape index (κ1) is 11.8. The molecule has 1 aromatic heterocycles. The van der Waals surface area contributed by atoms with Crippen molar-refractivity contribution in [1.29, 1.82) is 0 Å². The average molecular weight is 229 g/mol. The van der Waals surface area contributed by atoms with Crippen molar-refractivity contribution in [2.24, 2.45) is 0 Å². The van der Waals surface area contributed by atoms with Gasteiger partial charge in [0.1, 0.15) is 5.56 Å². The average Bonchev–Trinajstić information content (AvgIpc) is 2.22. The highest BCUT2D eigenvalue weighted by atomic mass is 35.5. The smallest absolute Gasteiger partial charge is 0.260 e. The summed E-state index contributed by atoms with van der Waals surface area (Å²) in [4.78, 5) is 25.2. The first-order valence-electron chi connectivity index (χ1n) is 4.81. The Morgan fingerprint density at radius 3 is 3.00 bits per heavy atom. The van der Waals surface area contributed by atoms with Crippen LogP contribution in [-0.2, 0) is 0 Å². The zero-order valence-electron chi connectivity index (χ0n) is 8.47. The van der Waals surface area contributed by atoms with Crippen molar-refractivity contribution in [2.45, 2.75) is 19.8 Å². The molecular formula is C10H13ClN2O2. The summed E-state index contributed by atoms with van der Waals surface area (Å²) in [6.45, 7) is 2.60. The normalized spacial score (nSPS) is 10.0. The molecule has 0 radical (unpaired) electrons. The molecule has 2 N–H and O–H groups in total. The topological polar surface area (TPSA) is 62.0 Å². The number of hydrogen-bond acceptors (Lipinski definition) is 2. The van der Waals surface area contributed by atoms with Gasteiger partial charge in [0.05, 0.1) is 5.02 Å². The fraction of sp³-hybridized carbons (Fsp3) is 0.400. The molecule has 4 nitrogen and oxygen atoms in total. The molecule has 1 aromatic rings. The first-order valence-corrected chi connectivity index (χ1v) is 5.19. The van der Waals surface area contributed by atoms with E-state index in [2.05, 4.69) is 10.3 Å². The summed E-state index contributed by atoms with van der Waals surface area (Å²) in [6, 6.07) is 1.36. The van der Waals surface area contributed by atoms with Crippen molar-refractivity contribution in [3.05, 3.63) is 33.2 Å². The van der Waals surface area contributed by atoms with E-state index in [4.69, 9.17) is 11.6 Å². The van der Waals surface area contributed by atoms with Gasteiger partial charge >= 0.3 is 0 Å². The molecule has 1 amide bonds. The van der Waals surface area contributed by atoms with Gasteiger partial charge in [-0.25, -0.2) is 0 Å². The van der Waals surface area contributed by atoms with Gasteiger partial charge in [-0.2, -0.15) is 0 Å². The number of nitrogens with one attached hydrogen (secondary N) is 2. The van der Waals surface area contributed by atoms with Crippen LogP contribution in [0.2, 0.25) is 5.02 Å². The van der Waals surface area contributed by atoms with E-state index in [9.17, 15) is 9.59 Å². The third-order valence-corrected chi connectivity index (χ3v) is 2.15. The maximum atomic E-state index is 11.5. The van der Waals surface area contributed by atoms with Gasteiger partial charge in [-0.1, -0.05) is 24.9 Å². The number of carbonyl (C=O) groups is 1. The number of carbonyl (C=O) groups excluding carboxylic acids is 1. The van der Waals surface area contributed by atoms with Crippen LogP contribution < -0.4 is 10.9 Å². The maximum Gasteiger partial charge on any atom is 0.260 e. The van der Waals surface area contributed by atoms with Crippen LogP contribution in [0.25, 0.3) is 0 Å². The molecule has 1 rings (SSSR count). The lowest BCUT2D eigenvalue weighted by molar-refractivity contribution is 0.0951. The lowest BCUT2D eigenvalue weighted by atomic mass is 10.2. The highest BCUT2D eigenvalue weighted by Gasteiger charge is 2.09. The Morgan fingerprint density at radius 1 is 1.60 bits per heavy atom. The zero-order chi connectivity index (χ0) is 11.3. The predicted molar refractivity (Wildman–Crippen MR) is 59.3 cm³/mol. The lowest BCUT2D eigenvalue weighted by Gasteiger charge is -2.03. The Kier molecular flexibility index (Phi) is 4.37. The Morgan fingerprint density at radius 2 is 2.33 bits per heavy atom. The fourth-order valence-electron chi connectivity index (χ4n) is 1.10. The minimum absolute atomic E-state index is 0.0543. The SMILES string of the molecule is CCCCNC(=O)c1cc(Cl)c[nH]c1=O. The van der Waals surface area contributed by atoms with Crippen molar-refractivity contribution in [3.8, 4) is 0 Å². The van der Waals surface area contributed by atoms with Crippen LogP contribution in [0, 0.1) is 0 Å². The third kappa shape index (κ3) is 3.40. The molecule has 0 aromatic carbocycles. The number of aromatic nitrogens is 1. The van der Waals surface area contributed by atoms with Crippen LogP contribution >= 0.6 is 11.6 Å². The molecule has 0 bridgehead atoms. The van der Waals surface area contributed by atoms with Crippen LogP contribution in [0.15, 0.2) is 17.1 Å². The van der Waals surface area contributed by atoms with E-state index in [0.717, 1.165) is 12.8 Å².